The number of benzene rings is 1. The molecule has 96 valence electrons. The Kier molecular flexibility index (Phi) is 5.12. The molecular weight excluding hydrogens is 341 g/mol. The molecule has 2 aromatic rings. The zero-order valence-electron chi connectivity index (χ0n) is 10.1. The predicted molar refractivity (Wildman–Crippen MR) is 79.1 cm³/mol. The lowest BCUT2D eigenvalue weighted by Crippen LogP contribution is -2.03. The Morgan fingerprint density at radius 1 is 1.11 bits per heavy atom. The van der Waals surface area contributed by atoms with Gasteiger partial charge in [0.25, 0.3) is 0 Å². The average molecular weight is 357 g/mol. The van der Waals surface area contributed by atoms with Crippen molar-refractivity contribution in [3.8, 4) is 11.3 Å². The van der Waals surface area contributed by atoms with Gasteiger partial charge in [-0.2, -0.15) is 0 Å². The minimum Gasteiger partial charge on any atom is -0.396 e. The Morgan fingerprint density at radius 2 is 1.89 bits per heavy atom. The Balaban J connectivity index is 2.05. The van der Waals surface area contributed by atoms with Gasteiger partial charge in [-0.15, -0.1) is 5.10 Å². The van der Waals surface area contributed by atoms with Crippen molar-refractivity contribution in [1.82, 2.24) is 15.0 Å². The van der Waals surface area contributed by atoms with Crippen molar-refractivity contribution in [2.45, 2.75) is 25.8 Å². The molecule has 1 N–H and O–H groups in total. The van der Waals surface area contributed by atoms with Gasteiger partial charge in [-0.05, 0) is 41.9 Å². The van der Waals surface area contributed by atoms with Crippen LogP contribution in [-0.4, -0.2) is 26.7 Å². The molecule has 0 atom stereocenters. The van der Waals surface area contributed by atoms with Gasteiger partial charge in [-0.1, -0.05) is 35.5 Å². The zero-order valence-corrected chi connectivity index (χ0v) is 12.2. The van der Waals surface area contributed by atoms with Crippen LogP contribution < -0.4 is 0 Å². The second-order valence-electron chi connectivity index (χ2n) is 4.10. The molecule has 0 saturated carbocycles. The molecule has 0 spiro atoms. The number of halogens is 1. The molecule has 4 nitrogen and oxygen atoms in total. The first-order valence-corrected chi connectivity index (χ1v) is 7.16. The van der Waals surface area contributed by atoms with Crippen molar-refractivity contribution in [2.75, 3.05) is 6.61 Å². The first kappa shape index (κ1) is 13.5. The summed E-state index contributed by atoms with van der Waals surface area (Å²) >= 11 is 2.29. The minimum atomic E-state index is 0.268. The number of aliphatic hydroxyl groups excluding tert-OH is 1. The van der Waals surface area contributed by atoms with Crippen molar-refractivity contribution in [1.29, 1.82) is 0 Å². The summed E-state index contributed by atoms with van der Waals surface area (Å²) in [6.07, 6.45) is 2.90. The molecule has 0 radical (unpaired) electrons. The Morgan fingerprint density at radius 3 is 2.61 bits per heavy atom. The number of aliphatic hydroxyl groups is 1. The second kappa shape index (κ2) is 6.84. The minimum absolute atomic E-state index is 0.268. The first-order valence-electron chi connectivity index (χ1n) is 6.08. The molecule has 0 amide bonds. The van der Waals surface area contributed by atoms with Crippen LogP contribution in [0.2, 0.25) is 0 Å². The van der Waals surface area contributed by atoms with Crippen LogP contribution >= 0.6 is 22.6 Å². The molecule has 1 aromatic carbocycles. The number of unbranched alkanes of at least 4 members (excludes halogenated alkanes) is 2. The van der Waals surface area contributed by atoms with E-state index in [1.54, 1.807) is 0 Å². The van der Waals surface area contributed by atoms with E-state index in [0.29, 0.717) is 0 Å². The fourth-order valence-corrected chi connectivity index (χ4v) is 2.52. The van der Waals surface area contributed by atoms with Crippen molar-refractivity contribution < 1.29 is 5.11 Å². The summed E-state index contributed by atoms with van der Waals surface area (Å²) in [5.74, 6) is 0. The lowest BCUT2D eigenvalue weighted by molar-refractivity contribution is 0.281. The fraction of sp³-hybridized carbons (Fsp3) is 0.385. The molecule has 0 aliphatic rings. The van der Waals surface area contributed by atoms with E-state index in [9.17, 15) is 0 Å². The largest absolute Gasteiger partial charge is 0.396 e. The summed E-state index contributed by atoms with van der Waals surface area (Å²) in [6, 6.07) is 10.1. The van der Waals surface area contributed by atoms with Crippen LogP contribution in [0, 0.1) is 3.70 Å². The molecule has 0 aliphatic carbocycles. The lowest BCUT2D eigenvalue weighted by atomic mass is 10.2. The number of aryl methyl sites for hydroxylation is 1. The third-order valence-corrected chi connectivity index (χ3v) is 3.82. The van der Waals surface area contributed by atoms with E-state index in [4.69, 9.17) is 5.11 Å². The molecule has 0 unspecified atom stereocenters. The maximum Gasteiger partial charge on any atom is 0.127 e. The third kappa shape index (κ3) is 3.29. The summed E-state index contributed by atoms with van der Waals surface area (Å²) in [7, 11) is 0. The number of hydrogen-bond donors (Lipinski definition) is 1. The highest BCUT2D eigenvalue weighted by Crippen LogP contribution is 2.22. The molecule has 5 heteroatoms. The maximum atomic E-state index is 8.73. The molecule has 0 fully saturated rings. The van der Waals surface area contributed by atoms with Crippen molar-refractivity contribution in [3.05, 3.63) is 34.0 Å². The lowest BCUT2D eigenvalue weighted by Gasteiger charge is -2.02. The van der Waals surface area contributed by atoms with Crippen molar-refractivity contribution in [3.63, 3.8) is 0 Å². The SMILES string of the molecule is OCCCCCn1nnc(-c2ccccc2)c1I. The number of hydrogen-bond acceptors (Lipinski definition) is 3. The normalized spacial score (nSPS) is 10.8. The van der Waals surface area contributed by atoms with E-state index in [1.165, 1.54) is 0 Å². The molecule has 18 heavy (non-hydrogen) atoms. The van der Waals surface area contributed by atoms with Crippen LogP contribution in [0.15, 0.2) is 30.3 Å². The van der Waals surface area contributed by atoms with E-state index in [0.717, 1.165) is 40.8 Å². The summed E-state index contributed by atoms with van der Waals surface area (Å²) in [5, 5.41) is 17.2. The van der Waals surface area contributed by atoms with Crippen LogP contribution in [0.3, 0.4) is 0 Å². The summed E-state index contributed by atoms with van der Waals surface area (Å²) in [5.41, 5.74) is 2.04. The van der Waals surface area contributed by atoms with Gasteiger partial charge < -0.3 is 5.11 Å². The quantitative estimate of drug-likeness (QED) is 0.639. The third-order valence-electron chi connectivity index (χ3n) is 2.75. The van der Waals surface area contributed by atoms with Crippen molar-refractivity contribution in [2.24, 2.45) is 0 Å². The number of rotatable bonds is 6. The molecule has 0 saturated heterocycles. The smallest absolute Gasteiger partial charge is 0.127 e. The Hall–Kier alpha value is -0.950. The number of nitrogens with zero attached hydrogens (tertiary/aromatic N) is 3. The van der Waals surface area contributed by atoms with E-state index in [2.05, 4.69) is 32.9 Å². The molecular formula is C13H16IN3O. The average Bonchev–Trinajstić information content (AvgIpc) is 2.77. The number of aromatic nitrogens is 3. The standard InChI is InChI=1S/C13H16IN3O/c14-13-12(11-7-3-1-4-8-11)15-16-17(13)9-5-2-6-10-18/h1,3-4,7-8,18H,2,5-6,9-10H2. The molecule has 1 heterocycles. The Bertz CT molecular complexity index is 484. The molecule has 1 aromatic heterocycles. The highest BCUT2D eigenvalue weighted by atomic mass is 127. The van der Waals surface area contributed by atoms with Crippen LogP contribution in [0.1, 0.15) is 19.3 Å². The topological polar surface area (TPSA) is 50.9 Å². The van der Waals surface area contributed by atoms with Gasteiger partial charge in [0, 0.05) is 18.7 Å². The first-order chi connectivity index (χ1) is 8.83. The van der Waals surface area contributed by atoms with E-state index < -0.39 is 0 Å². The Labute approximate surface area is 120 Å². The van der Waals surface area contributed by atoms with Gasteiger partial charge in [-0.3, -0.25) is 0 Å². The van der Waals surface area contributed by atoms with E-state index in [-0.39, 0.29) is 6.61 Å². The fourth-order valence-electron chi connectivity index (χ4n) is 1.77. The van der Waals surface area contributed by atoms with Crippen LogP contribution in [0.25, 0.3) is 11.3 Å². The summed E-state index contributed by atoms with van der Waals surface area (Å²) in [6.45, 7) is 1.13. The monoisotopic (exact) mass is 357 g/mol. The van der Waals surface area contributed by atoms with Gasteiger partial charge in [-0.25, -0.2) is 4.68 Å². The molecule has 2 rings (SSSR count). The van der Waals surface area contributed by atoms with Crippen LogP contribution in [0.5, 0.6) is 0 Å². The summed E-state index contributed by atoms with van der Waals surface area (Å²) in [4.78, 5) is 0. The van der Waals surface area contributed by atoms with Gasteiger partial charge in [0.1, 0.15) is 9.39 Å². The summed E-state index contributed by atoms with van der Waals surface area (Å²) < 4.78 is 3.00. The molecule has 0 bridgehead atoms. The van der Waals surface area contributed by atoms with E-state index in [1.807, 2.05) is 35.0 Å². The van der Waals surface area contributed by atoms with Gasteiger partial charge in [0.15, 0.2) is 0 Å². The van der Waals surface area contributed by atoms with E-state index >= 15 is 0 Å². The maximum absolute atomic E-state index is 8.73. The molecule has 0 aliphatic heterocycles. The van der Waals surface area contributed by atoms with Crippen LogP contribution in [-0.2, 0) is 6.54 Å². The highest BCUT2D eigenvalue weighted by Gasteiger charge is 2.11. The zero-order chi connectivity index (χ0) is 12.8. The van der Waals surface area contributed by atoms with Crippen molar-refractivity contribution >= 4 is 22.6 Å². The van der Waals surface area contributed by atoms with Gasteiger partial charge in [0.05, 0.1) is 0 Å². The second-order valence-corrected chi connectivity index (χ2v) is 5.12. The highest BCUT2D eigenvalue weighted by molar-refractivity contribution is 14.1. The van der Waals surface area contributed by atoms with Crippen LogP contribution in [0.4, 0.5) is 0 Å². The van der Waals surface area contributed by atoms with Gasteiger partial charge >= 0.3 is 0 Å². The van der Waals surface area contributed by atoms with Gasteiger partial charge in [0.2, 0.25) is 0 Å². The predicted octanol–water partition coefficient (Wildman–Crippen LogP) is 2.71.